The highest BCUT2D eigenvalue weighted by atomic mass is 31.2. The van der Waals surface area contributed by atoms with Crippen LogP contribution in [0.5, 0.6) is 0 Å². The van der Waals surface area contributed by atoms with Crippen molar-refractivity contribution in [1.29, 1.82) is 0 Å². The first-order chi connectivity index (χ1) is 3.92. The van der Waals surface area contributed by atoms with Crippen molar-refractivity contribution >= 4 is 7.60 Å². The smallest absolute Gasteiger partial charge is 0.324 e. The predicted octanol–water partition coefficient (Wildman–Crippen LogP) is 1.17. The molecule has 0 aromatic heterocycles. The van der Waals surface area contributed by atoms with Gasteiger partial charge < -0.3 is 9.79 Å². The third-order valence-electron chi connectivity index (χ3n) is 0.903. The van der Waals surface area contributed by atoms with Crippen molar-refractivity contribution in [3.8, 4) is 0 Å². The van der Waals surface area contributed by atoms with E-state index < -0.39 is 7.60 Å². The summed E-state index contributed by atoms with van der Waals surface area (Å²) in [5.41, 5.74) is 0. The SMILES string of the molecule is C[C](C)CCP(=O)(O)O. The van der Waals surface area contributed by atoms with Crippen LogP contribution >= 0.6 is 7.60 Å². The molecule has 4 heteroatoms. The van der Waals surface area contributed by atoms with Gasteiger partial charge in [-0.3, -0.25) is 4.57 Å². The molecule has 9 heavy (non-hydrogen) atoms. The molecular formula is C5H12O3P. The maximum Gasteiger partial charge on any atom is 0.325 e. The van der Waals surface area contributed by atoms with Gasteiger partial charge in [0.1, 0.15) is 0 Å². The van der Waals surface area contributed by atoms with Crippen molar-refractivity contribution in [1.82, 2.24) is 0 Å². The van der Waals surface area contributed by atoms with Crippen LogP contribution in [0.1, 0.15) is 20.3 Å². The normalized spacial score (nSPS) is 12.6. The summed E-state index contributed by atoms with van der Waals surface area (Å²) in [5.74, 6) is 1.05. The third-order valence-corrected chi connectivity index (χ3v) is 1.71. The lowest BCUT2D eigenvalue weighted by Crippen LogP contribution is -1.91. The van der Waals surface area contributed by atoms with Gasteiger partial charge in [0.05, 0.1) is 6.16 Å². The summed E-state index contributed by atoms with van der Waals surface area (Å²) in [4.78, 5) is 16.7. The van der Waals surface area contributed by atoms with Crippen molar-refractivity contribution in [2.24, 2.45) is 0 Å². The van der Waals surface area contributed by atoms with E-state index in [1.165, 1.54) is 0 Å². The molecule has 2 N–H and O–H groups in total. The lowest BCUT2D eigenvalue weighted by molar-refractivity contribution is 0.372. The molecule has 0 saturated heterocycles. The Hall–Kier alpha value is 0.150. The van der Waals surface area contributed by atoms with Crippen molar-refractivity contribution in [2.75, 3.05) is 6.16 Å². The van der Waals surface area contributed by atoms with Crippen LogP contribution in [0.15, 0.2) is 0 Å². The molecule has 0 aliphatic heterocycles. The molecule has 0 aliphatic carbocycles. The van der Waals surface area contributed by atoms with E-state index in [1.54, 1.807) is 0 Å². The summed E-state index contributed by atoms with van der Waals surface area (Å²) in [7, 11) is -3.74. The average Bonchev–Trinajstić information content (AvgIpc) is 1.59. The standard InChI is InChI=1S/C5H12O3P/c1-5(2)3-4-9(6,7)8/h3-4H2,1-2H3,(H2,6,7,8). The molecule has 0 bridgehead atoms. The molecule has 0 atom stereocenters. The molecule has 0 fully saturated rings. The Bertz CT molecular complexity index is 115. The predicted molar refractivity (Wildman–Crippen MR) is 36.1 cm³/mol. The molecule has 0 unspecified atom stereocenters. The Labute approximate surface area is 55.3 Å². The van der Waals surface area contributed by atoms with E-state index in [4.69, 9.17) is 9.79 Å². The van der Waals surface area contributed by atoms with Crippen LogP contribution in [0.4, 0.5) is 0 Å². The summed E-state index contributed by atoms with van der Waals surface area (Å²) >= 11 is 0. The Balaban J connectivity index is 3.40. The van der Waals surface area contributed by atoms with E-state index in [1.807, 2.05) is 13.8 Å². The van der Waals surface area contributed by atoms with Gasteiger partial charge in [-0.2, -0.15) is 0 Å². The molecule has 0 heterocycles. The Kier molecular flexibility index (Phi) is 3.41. The minimum Gasteiger partial charge on any atom is -0.324 e. The van der Waals surface area contributed by atoms with E-state index in [0.29, 0.717) is 6.42 Å². The molecule has 0 amide bonds. The fourth-order valence-corrected chi connectivity index (χ4v) is 1.11. The summed E-state index contributed by atoms with van der Waals surface area (Å²) in [5, 5.41) is 0. The van der Waals surface area contributed by atoms with Gasteiger partial charge in [-0.25, -0.2) is 0 Å². The van der Waals surface area contributed by atoms with E-state index in [0.717, 1.165) is 5.92 Å². The molecule has 0 aromatic rings. The quantitative estimate of drug-likeness (QED) is 0.595. The Morgan fingerprint density at radius 3 is 2.00 bits per heavy atom. The lowest BCUT2D eigenvalue weighted by atomic mass is 10.2. The van der Waals surface area contributed by atoms with E-state index in [2.05, 4.69) is 0 Å². The summed E-state index contributed by atoms with van der Waals surface area (Å²) in [6.45, 7) is 3.71. The first kappa shape index (κ1) is 9.15. The Morgan fingerprint density at radius 2 is 1.89 bits per heavy atom. The number of rotatable bonds is 3. The lowest BCUT2D eigenvalue weighted by Gasteiger charge is -2.04. The molecule has 0 aromatic carbocycles. The topological polar surface area (TPSA) is 57.5 Å². The first-order valence-electron chi connectivity index (χ1n) is 2.75. The van der Waals surface area contributed by atoms with Gasteiger partial charge in [0.15, 0.2) is 0 Å². The third kappa shape index (κ3) is 8.15. The number of hydrogen-bond donors (Lipinski definition) is 2. The van der Waals surface area contributed by atoms with Gasteiger partial charge in [-0.15, -0.1) is 0 Å². The first-order valence-corrected chi connectivity index (χ1v) is 4.55. The van der Waals surface area contributed by atoms with Gasteiger partial charge >= 0.3 is 7.60 Å². The zero-order valence-corrected chi connectivity index (χ0v) is 6.56. The maximum atomic E-state index is 10.2. The Morgan fingerprint density at radius 1 is 1.44 bits per heavy atom. The highest BCUT2D eigenvalue weighted by molar-refractivity contribution is 7.51. The van der Waals surface area contributed by atoms with Crippen molar-refractivity contribution in [3.63, 3.8) is 0 Å². The summed E-state index contributed by atoms with van der Waals surface area (Å²) < 4.78 is 10.2. The van der Waals surface area contributed by atoms with Crippen LogP contribution in [0.3, 0.4) is 0 Å². The second kappa shape index (κ2) is 3.35. The van der Waals surface area contributed by atoms with Crippen LogP contribution in [0, 0.1) is 5.92 Å². The number of hydrogen-bond acceptors (Lipinski definition) is 1. The van der Waals surface area contributed by atoms with Crippen LogP contribution in [-0.2, 0) is 4.57 Å². The van der Waals surface area contributed by atoms with Crippen molar-refractivity contribution < 1.29 is 14.4 Å². The highest BCUT2D eigenvalue weighted by Gasteiger charge is 2.12. The van der Waals surface area contributed by atoms with E-state index in [9.17, 15) is 4.57 Å². The van der Waals surface area contributed by atoms with E-state index >= 15 is 0 Å². The van der Waals surface area contributed by atoms with Crippen LogP contribution in [0.25, 0.3) is 0 Å². The van der Waals surface area contributed by atoms with Gasteiger partial charge in [0.2, 0.25) is 0 Å². The minimum atomic E-state index is -3.74. The monoisotopic (exact) mass is 151 g/mol. The second-order valence-electron chi connectivity index (χ2n) is 2.35. The molecule has 0 saturated carbocycles. The summed E-state index contributed by atoms with van der Waals surface area (Å²) in [6, 6.07) is 0. The molecule has 55 valence electrons. The molecular weight excluding hydrogens is 139 g/mol. The summed E-state index contributed by atoms with van der Waals surface area (Å²) in [6.07, 6.45) is 0.500. The molecule has 0 aliphatic rings. The second-order valence-corrected chi connectivity index (χ2v) is 4.12. The van der Waals surface area contributed by atoms with Crippen molar-refractivity contribution in [2.45, 2.75) is 20.3 Å². The fraction of sp³-hybridized carbons (Fsp3) is 0.800. The van der Waals surface area contributed by atoms with Gasteiger partial charge in [-0.05, 0) is 12.3 Å². The highest BCUT2D eigenvalue weighted by Crippen LogP contribution is 2.36. The molecule has 0 spiro atoms. The van der Waals surface area contributed by atoms with Crippen LogP contribution in [0.2, 0.25) is 0 Å². The maximum absolute atomic E-state index is 10.2. The van der Waals surface area contributed by atoms with Gasteiger partial charge in [-0.1, -0.05) is 13.8 Å². The van der Waals surface area contributed by atoms with Crippen LogP contribution < -0.4 is 0 Å². The van der Waals surface area contributed by atoms with Crippen LogP contribution in [-0.4, -0.2) is 15.9 Å². The van der Waals surface area contributed by atoms with Crippen molar-refractivity contribution in [3.05, 3.63) is 5.92 Å². The van der Waals surface area contributed by atoms with Gasteiger partial charge in [0.25, 0.3) is 0 Å². The van der Waals surface area contributed by atoms with E-state index in [-0.39, 0.29) is 6.16 Å². The zero-order valence-electron chi connectivity index (χ0n) is 5.66. The minimum absolute atomic E-state index is 0.0185. The molecule has 1 radical (unpaired) electrons. The zero-order chi connectivity index (χ0) is 7.49. The molecule has 0 rings (SSSR count). The van der Waals surface area contributed by atoms with Gasteiger partial charge in [0, 0.05) is 0 Å². The molecule has 3 nitrogen and oxygen atoms in total. The largest absolute Gasteiger partial charge is 0.325 e. The fourth-order valence-electron chi connectivity index (χ4n) is 0.369. The average molecular weight is 151 g/mol.